The van der Waals surface area contributed by atoms with E-state index in [-0.39, 0.29) is 5.91 Å². The van der Waals surface area contributed by atoms with Crippen molar-refractivity contribution in [3.05, 3.63) is 59.9 Å². The molecule has 1 aliphatic rings. The number of likely N-dealkylation sites (N-methyl/N-ethyl adjacent to an activating group) is 1. The molecule has 3 rings (SSSR count). The summed E-state index contributed by atoms with van der Waals surface area (Å²) in [6.07, 6.45) is 0.554. The van der Waals surface area contributed by atoms with Gasteiger partial charge in [-0.05, 0) is 45.9 Å². The Morgan fingerprint density at radius 2 is 1.87 bits per heavy atom. The number of nitrogens with zero attached hydrogens (tertiary/aromatic N) is 3. The average molecular weight is 424 g/mol. The summed E-state index contributed by atoms with van der Waals surface area (Å²) in [5, 5.41) is 5.49. The lowest BCUT2D eigenvalue weighted by Crippen LogP contribution is -2.50. The fourth-order valence-corrected chi connectivity index (χ4v) is 3.25. The fraction of sp³-hybridized carbons (Fsp3) is 0.391. The third-order valence-electron chi connectivity index (χ3n) is 4.65. The predicted octanol–water partition coefficient (Wildman–Crippen LogP) is 2.72. The molecule has 0 radical (unpaired) electrons. The first-order valence-electron chi connectivity index (χ1n) is 10.2. The maximum Gasteiger partial charge on any atom is 0.408 e. The zero-order chi connectivity index (χ0) is 22.6. The summed E-state index contributed by atoms with van der Waals surface area (Å²) in [5.41, 5.74) is 2.74. The number of ether oxygens (including phenoxy) is 1. The fourth-order valence-electron chi connectivity index (χ4n) is 3.25. The zero-order valence-electron chi connectivity index (χ0n) is 18.5. The van der Waals surface area contributed by atoms with Gasteiger partial charge in [-0.3, -0.25) is 14.8 Å². The van der Waals surface area contributed by atoms with Crippen LogP contribution in [-0.4, -0.2) is 54.1 Å². The Morgan fingerprint density at radius 1 is 1.16 bits per heavy atom. The maximum absolute atomic E-state index is 12.8. The molecule has 0 saturated carbocycles. The minimum absolute atomic E-state index is 0.348. The van der Waals surface area contributed by atoms with Crippen LogP contribution >= 0.6 is 0 Å². The molecular formula is C23H29N5O3. The molecule has 1 unspecified atom stereocenters. The first-order chi connectivity index (χ1) is 14.6. The van der Waals surface area contributed by atoms with Crippen molar-refractivity contribution >= 4 is 23.4 Å². The van der Waals surface area contributed by atoms with E-state index in [0.717, 1.165) is 16.9 Å². The summed E-state index contributed by atoms with van der Waals surface area (Å²) in [4.78, 5) is 36.1. The largest absolute Gasteiger partial charge is 0.444 e. The predicted molar refractivity (Wildman–Crippen MR) is 120 cm³/mol. The molecule has 2 aromatic rings. The number of aromatic nitrogens is 1. The van der Waals surface area contributed by atoms with E-state index in [4.69, 9.17) is 9.73 Å². The molecule has 0 spiro atoms. The second-order valence-corrected chi connectivity index (χ2v) is 8.48. The number of alkyl carbamates (subject to hydrolysis) is 1. The Kier molecular flexibility index (Phi) is 6.58. The summed E-state index contributed by atoms with van der Waals surface area (Å²) < 4.78 is 5.23. The number of amides is 2. The SMILES string of the molecule is C[C@H](NC(=O)OC(C)(C)C)C(=O)NC1CN(C)c2ccccc2C(c2ccccn2)=N1. The van der Waals surface area contributed by atoms with Gasteiger partial charge >= 0.3 is 6.09 Å². The molecule has 2 amide bonds. The van der Waals surface area contributed by atoms with Crippen molar-refractivity contribution in [2.75, 3.05) is 18.5 Å². The number of anilines is 1. The Hall–Kier alpha value is -3.42. The van der Waals surface area contributed by atoms with Gasteiger partial charge in [0.15, 0.2) is 0 Å². The molecule has 1 aliphatic heterocycles. The lowest BCUT2D eigenvalue weighted by atomic mass is 10.0. The average Bonchev–Trinajstić information content (AvgIpc) is 2.84. The number of aliphatic imine (C=N–C) groups is 1. The van der Waals surface area contributed by atoms with Crippen LogP contribution in [0.2, 0.25) is 0 Å². The van der Waals surface area contributed by atoms with Gasteiger partial charge in [-0.15, -0.1) is 0 Å². The Balaban J connectivity index is 1.81. The number of fused-ring (bicyclic) bond motifs is 1. The van der Waals surface area contributed by atoms with Crippen molar-refractivity contribution in [3.8, 4) is 0 Å². The summed E-state index contributed by atoms with van der Waals surface area (Å²) in [6.45, 7) is 7.38. The van der Waals surface area contributed by atoms with Crippen LogP contribution in [0, 0.1) is 0 Å². The maximum atomic E-state index is 12.8. The highest BCUT2D eigenvalue weighted by atomic mass is 16.6. The lowest BCUT2D eigenvalue weighted by molar-refractivity contribution is -0.123. The highest BCUT2D eigenvalue weighted by Crippen LogP contribution is 2.25. The molecule has 2 atom stereocenters. The number of carbonyl (C=O) groups excluding carboxylic acids is 2. The number of pyridine rings is 1. The molecule has 1 aromatic carbocycles. The Bertz CT molecular complexity index is 969. The first-order valence-corrected chi connectivity index (χ1v) is 10.2. The van der Waals surface area contributed by atoms with Crippen molar-refractivity contribution in [2.24, 2.45) is 4.99 Å². The van der Waals surface area contributed by atoms with E-state index in [9.17, 15) is 9.59 Å². The van der Waals surface area contributed by atoms with Crippen molar-refractivity contribution in [1.29, 1.82) is 0 Å². The van der Waals surface area contributed by atoms with Gasteiger partial charge in [0.2, 0.25) is 5.91 Å². The van der Waals surface area contributed by atoms with E-state index in [2.05, 4.69) is 15.6 Å². The number of para-hydroxylation sites is 1. The molecule has 0 saturated heterocycles. The minimum atomic E-state index is -0.778. The van der Waals surface area contributed by atoms with Gasteiger partial charge in [0.05, 0.1) is 18.0 Å². The van der Waals surface area contributed by atoms with E-state index in [1.807, 2.05) is 54.4 Å². The Morgan fingerprint density at radius 3 is 2.55 bits per heavy atom. The number of benzene rings is 1. The van der Waals surface area contributed by atoms with Crippen LogP contribution in [0.15, 0.2) is 53.7 Å². The number of nitrogens with one attached hydrogen (secondary N) is 2. The minimum Gasteiger partial charge on any atom is -0.444 e. The molecule has 0 bridgehead atoms. The van der Waals surface area contributed by atoms with E-state index in [1.165, 1.54) is 0 Å². The molecule has 8 nitrogen and oxygen atoms in total. The van der Waals surface area contributed by atoms with E-state index in [1.54, 1.807) is 33.9 Å². The highest BCUT2D eigenvalue weighted by Gasteiger charge is 2.27. The molecule has 0 fully saturated rings. The summed E-state index contributed by atoms with van der Waals surface area (Å²) >= 11 is 0. The number of benzodiazepines with no additional fused rings is 1. The van der Waals surface area contributed by atoms with Crippen LogP contribution < -0.4 is 15.5 Å². The normalized spacial score (nSPS) is 17.0. The lowest BCUT2D eigenvalue weighted by Gasteiger charge is -2.24. The number of hydrogen-bond donors (Lipinski definition) is 2. The molecular weight excluding hydrogens is 394 g/mol. The monoisotopic (exact) mass is 423 g/mol. The van der Waals surface area contributed by atoms with Gasteiger partial charge in [-0.25, -0.2) is 4.79 Å². The van der Waals surface area contributed by atoms with Gasteiger partial charge in [0.1, 0.15) is 17.8 Å². The second-order valence-electron chi connectivity index (χ2n) is 8.48. The van der Waals surface area contributed by atoms with Crippen LogP contribution in [0.3, 0.4) is 0 Å². The van der Waals surface area contributed by atoms with Crippen LogP contribution in [0.1, 0.15) is 39.0 Å². The second kappa shape index (κ2) is 9.16. The highest BCUT2D eigenvalue weighted by molar-refractivity contribution is 6.15. The quantitative estimate of drug-likeness (QED) is 0.788. The molecule has 164 valence electrons. The molecule has 1 aromatic heterocycles. The van der Waals surface area contributed by atoms with Gasteiger partial charge in [0, 0.05) is 24.5 Å². The molecule has 2 heterocycles. The summed E-state index contributed by atoms with van der Waals surface area (Å²) in [5.74, 6) is -0.348. The summed E-state index contributed by atoms with van der Waals surface area (Å²) in [7, 11) is 1.96. The third kappa shape index (κ3) is 5.81. The van der Waals surface area contributed by atoms with Crippen molar-refractivity contribution in [3.63, 3.8) is 0 Å². The van der Waals surface area contributed by atoms with Crippen molar-refractivity contribution in [1.82, 2.24) is 15.6 Å². The zero-order valence-corrected chi connectivity index (χ0v) is 18.5. The van der Waals surface area contributed by atoms with E-state index in [0.29, 0.717) is 12.3 Å². The Labute approximate surface area is 182 Å². The molecule has 31 heavy (non-hydrogen) atoms. The standard InChI is InChI=1S/C23H29N5O3/c1-15(25-22(30)31-23(2,3)4)21(29)27-19-14-28(5)18-12-7-6-10-16(18)20(26-19)17-11-8-9-13-24-17/h6-13,15,19H,14H2,1-5H3,(H,25,30)(H,27,29)/t15-,19?/m0/s1. The van der Waals surface area contributed by atoms with Gasteiger partial charge in [0.25, 0.3) is 0 Å². The van der Waals surface area contributed by atoms with Gasteiger partial charge in [-0.2, -0.15) is 0 Å². The summed E-state index contributed by atoms with van der Waals surface area (Å²) in [6, 6.07) is 12.8. The van der Waals surface area contributed by atoms with Crippen molar-refractivity contribution < 1.29 is 14.3 Å². The number of hydrogen-bond acceptors (Lipinski definition) is 6. The number of rotatable bonds is 4. The van der Waals surface area contributed by atoms with Gasteiger partial charge in [-0.1, -0.05) is 24.3 Å². The molecule has 8 heteroatoms. The van der Waals surface area contributed by atoms with Crippen LogP contribution in [0.5, 0.6) is 0 Å². The van der Waals surface area contributed by atoms with Crippen LogP contribution in [0.25, 0.3) is 0 Å². The first kappa shape index (κ1) is 22.3. The van der Waals surface area contributed by atoms with Crippen LogP contribution in [-0.2, 0) is 9.53 Å². The van der Waals surface area contributed by atoms with E-state index >= 15 is 0 Å². The van der Waals surface area contributed by atoms with Gasteiger partial charge < -0.3 is 20.3 Å². The third-order valence-corrected chi connectivity index (χ3v) is 4.65. The smallest absolute Gasteiger partial charge is 0.408 e. The van der Waals surface area contributed by atoms with Crippen molar-refractivity contribution in [2.45, 2.75) is 45.5 Å². The topological polar surface area (TPSA) is 95.9 Å². The van der Waals surface area contributed by atoms with E-state index < -0.39 is 23.9 Å². The molecule has 2 N–H and O–H groups in total. The van der Waals surface area contributed by atoms with Crippen LogP contribution in [0.4, 0.5) is 10.5 Å². The number of carbonyl (C=O) groups is 2. The molecule has 0 aliphatic carbocycles.